The van der Waals surface area contributed by atoms with Gasteiger partial charge in [-0.25, -0.2) is 4.79 Å². The Bertz CT molecular complexity index is 2970. The zero-order chi connectivity index (χ0) is 70.3. The third kappa shape index (κ3) is 11.3. The third-order valence-corrected chi connectivity index (χ3v) is 28.7. The number of aliphatic hydroxyl groups excluding tert-OH is 2. The zero-order valence-electron chi connectivity index (χ0n) is 61.0. The standard InChI is InChI=1S/C38H58O12.C36H60O12/c1-20-21(2)46-32(31-30(20)49-34(5,6)50-31)47-23-14-27-37(18-45-33(3,4)48-27)29-25(9-11-36(37,40)15-23)38(41)12-10-24(22-13-28(39)43-17-22)35(38,7)16-26(29)44-19-42-8;1-19-20(2)44-30(29-28(19)47-32(5,6)48-29)45-21-13-26-35(17-43-31(3,4)46-26)27-23(9-11-34(35,39)14-21)36(40)12-10-22(24(38)16-37)33(36,7)15-25(27)42-18-41-8/h13,20-21,23-27,29-32,40-41H,9-12,14-19H2,1-8H3;19-30,37-40H,9-18H2,1-8H3/t20-,21-,23-,24+,25?,26+,27+,29?,30+,31+,32-,35+,36-,37+,38-;19-,20-,21-,22+,23?,24?,25+,26+,27?,28+,29+,30-,33+,34-,35+,36-/m00/s1. The van der Waals surface area contributed by atoms with Gasteiger partial charge in [0, 0.05) is 80.5 Å². The summed E-state index contributed by atoms with van der Waals surface area (Å²) in [6.07, 6.45) is 2.52. The van der Waals surface area contributed by atoms with Crippen molar-refractivity contribution in [1.82, 2.24) is 0 Å². The van der Waals surface area contributed by atoms with Crippen molar-refractivity contribution in [1.29, 1.82) is 0 Å². The van der Waals surface area contributed by atoms with Crippen molar-refractivity contribution in [3.8, 4) is 0 Å². The minimum Gasteiger partial charge on any atom is -0.458 e. The maximum absolute atomic E-state index is 13.2. The number of hydrogen-bond donors (Lipinski definition) is 6. The van der Waals surface area contributed by atoms with Crippen LogP contribution in [-0.2, 0) is 85.3 Å². The summed E-state index contributed by atoms with van der Waals surface area (Å²) in [5.74, 6) is -4.82. The fourth-order valence-corrected chi connectivity index (χ4v) is 24.1. The van der Waals surface area contributed by atoms with Gasteiger partial charge in [0.1, 0.15) is 32.4 Å². The molecule has 8 aliphatic carbocycles. The fourth-order valence-electron chi connectivity index (χ4n) is 24.1. The van der Waals surface area contributed by atoms with E-state index in [0.717, 1.165) is 12.0 Å². The van der Waals surface area contributed by atoms with Crippen LogP contribution in [0.1, 0.15) is 187 Å². The number of methoxy groups -OCH3 is 2. The number of aliphatic hydroxyl groups is 6. The van der Waals surface area contributed by atoms with Crippen molar-refractivity contribution >= 4 is 5.97 Å². The van der Waals surface area contributed by atoms with Crippen molar-refractivity contribution in [3.63, 3.8) is 0 Å². The van der Waals surface area contributed by atoms with E-state index < -0.39 is 123 Å². The van der Waals surface area contributed by atoms with Gasteiger partial charge in [0.25, 0.3) is 0 Å². The second-order valence-corrected chi connectivity index (χ2v) is 35.4. The first-order chi connectivity index (χ1) is 45.9. The maximum Gasteiger partial charge on any atom is 0.331 e. The van der Waals surface area contributed by atoms with Gasteiger partial charge in [-0.05, 0) is 163 Å². The number of carbonyl (C=O) groups excluding carboxylic acids is 1. The number of cyclic esters (lactones) is 1. The average Bonchev–Trinajstić information content (AvgIpc) is 1.08. The molecule has 0 aromatic rings. The molecule has 15 rings (SSSR count). The monoisotopic (exact) mass is 1390 g/mol. The molecular formula is C74H118O24. The Kier molecular flexibility index (Phi) is 18.9. The molecule has 24 heteroatoms. The number of ether oxygens (including phenoxy) is 17. The van der Waals surface area contributed by atoms with Crippen molar-refractivity contribution < 1.29 is 116 Å². The van der Waals surface area contributed by atoms with Crippen LogP contribution in [0.4, 0.5) is 0 Å². The van der Waals surface area contributed by atoms with Gasteiger partial charge in [-0.3, -0.25) is 0 Å². The van der Waals surface area contributed by atoms with Gasteiger partial charge >= 0.3 is 5.97 Å². The first-order valence-electron chi connectivity index (χ1n) is 37.1. The molecule has 0 amide bonds. The smallest absolute Gasteiger partial charge is 0.331 e. The predicted molar refractivity (Wildman–Crippen MR) is 346 cm³/mol. The van der Waals surface area contributed by atoms with E-state index in [1.54, 1.807) is 20.3 Å². The van der Waals surface area contributed by atoms with Crippen molar-refractivity contribution in [2.24, 2.45) is 69.0 Å². The fraction of sp³-hybridized carbons (Fsp3) is 0.959. The van der Waals surface area contributed by atoms with Gasteiger partial charge in [-0.2, -0.15) is 0 Å². The molecule has 558 valence electrons. The first kappa shape index (κ1) is 73.2. The Labute approximate surface area is 578 Å². The van der Waals surface area contributed by atoms with Crippen molar-refractivity contribution in [3.05, 3.63) is 11.6 Å². The predicted octanol–water partition coefficient (Wildman–Crippen LogP) is 6.84. The van der Waals surface area contributed by atoms with E-state index in [-0.39, 0.29) is 130 Å². The number of fused-ring (bicyclic) bond motifs is 8. The third-order valence-electron chi connectivity index (χ3n) is 28.7. The van der Waals surface area contributed by atoms with Crippen molar-refractivity contribution in [2.75, 3.05) is 54.2 Å². The normalized spacial score (nSPS) is 53.9. The molecule has 6 N–H and O–H groups in total. The van der Waals surface area contributed by atoms with Crippen molar-refractivity contribution in [2.45, 2.75) is 324 Å². The van der Waals surface area contributed by atoms with Crippen LogP contribution in [0, 0.1) is 69.0 Å². The topological polar surface area (TPSA) is 295 Å². The van der Waals surface area contributed by atoms with Gasteiger partial charge < -0.3 is 111 Å². The molecular weight excluding hydrogens is 1270 g/mol. The molecule has 8 saturated carbocycles. The summed E-state index contributed by atoms with van der Waals surface area (Å²) < 4.78 is 108. The van der Waals surface area contributed by atoms with Crippen LogP contribution in [0.2, 0.25) is 0 Å². The van der Waals surface area contributed by atoms with Gasteiger partial charge in [0.15, 0.2) is 35.7 Å². The summed E-state index contributed by atoms with van der Waals surface area (Å²) in [5, 5.41) is 73.0. The van der Waals surface area contributed by atoms with Crippen LogP contribution in [0.15, 0.2) is 11.6 Å². The molecule has 6 saturated heterocycles. The minimum atomic E-state index is -1.26. The molecule has 2 spiro atoms. The first-order valence-corrected chi connectivity index (χ1v) is 37.1. The second-order valence-electron chi connectivity index (χ2n) is 35.4. The highest BCUT2D eigenvalue weighted by atomic mass is 16.8. The second kappa shape index (κ2) is 25.2. The highest BCUT2D eigenvalue weighted by Crippen LogP contribution is 2.75. The van der Waals surface area contributed by atoms with Gasteiger partial charge in [0.2, 0.25) is 0 Å². The maximum atomic E-state index is 13.2. The van der Waals surface area contributed by atoms with Crippen LogP contribution in [0.25, 0.3) is 0 Å². The van der Waals surface area contributed by atoms with E-state index in [2.05, 4.69) is 20.8 Å². The van der Waals surface area contributed by atoms with Crippen LogP contribution in [0.5, 0.6) is 0 Å². The van der Waals surface area contributed by atoms with Gasteiger partial charge in [-0.1, -0.05) is 27.7 Å². The summed E-state index contributed by atoms with van der Waals surface area (Å²) in [6, 6.07) is 0. The molecule has 0 aromatic carbocycles. The Morgan fingerprint density at radius 3 is 1.43 bits per heavy atom. The van der Waals surface area contributed by atoms with Gasteiger partial charge in [0.05, 0.1) is 120 Å². The SMILES string of the molecule is COCO[C@@H]1C[C@]2(C)[C@@H](C(O)CO)CC[C@]2(O)C2CC[C@]3(O)C[C@@H](O[C@@H]4O[C@@H](C)[C@H](C)[C@H]5OC(C)(C)O[C@@H]45)C[C@H]4OC(C)(C)OC[C@]43C21.COCO[C@@H]1C[C@]2(C)[C@@H](C3=CC(=O)OC3)CC[C@]2(O)C2CC[C@]3(O)C[C@@H](O[C@@H]4O[C@@H](C)[C@H](C)[C@H]5OC(C)(C)O[C@@H]45)C[C@H]4OC(C)(C)OC[C@]43C21. The quantitative estimate of drug-likeness (QED) is 0.0625. The van der Waals surface area contributed by atoms with E-state index in [1.165, 1.54) is 0 Å². The van der Waals surface area contributed by atoms with E-state index in [9.17, 15) is 35.4 Å². The lowest BCUT2D eigenvalue weighted by molar-refractivity contribution is -0.410. The van der Waals surface area contributed by atoms with Gasteiger partial charge in [-0.15, -0.1) is 0 Å². The Hall–Kier alpha value is -1.67. The summed E-state index contributed by atoms with van der Waals surface area (Å²) >= 11 is 0. The summed E-state index contributed by atoms with van der Waals surface area (Å²) in [4.78, 5) is 12.2. The molecule has 14 fully saturated rings. The summed E-state index contributed by atoms with van der Waals surface area (Å²) in [6.45, 7) is 28.3. The lowest BCUT2D eigenvalue weighted by Gasteiger charge is -2.71. The molecule has 15 aliphatic rings. The molecule has 24 nitrogen and oxygen atoms in total. The molecule has 0 radical (unpaired) electrons. The molecule has 7 heterocycles. The highest BCUT2D eigenvalue weighted by Gasteiger charge is 2.80. The number of carbonyl (C=O) groups is 1. The number of rotatable bonds is 13. The molecule has 0 bridgehead atoms. The summed E-state index contributed by atoms with van der Waals surface area (Å²) in [7, 11) is 3.20. The molecule has 7 aliphatic heterocycles. The average molecular weight is 1390 g/mol. The number of esters is 1. The van der Waals surface area contributed by atoms with Crippen LogP contribution >= 0.6 is 0 Å². The molecule has 0 aromatic heterocycles. The van der Waals surface area contributed by atoms with E-state index in [0.29, 0.717) is 83.5 Å². The summed E-state index contributed by atoms with van der Waals surface area (Å²) in [5.41, 5.74) is -6.88. The largest absolute Gasteiger partial charge is 0.458 e. The Morgan fingerprint density at radius 2 is 0.990 bits per heavy atom. The molecule has 98 heavy (non-hydrogen) atoms. The van der Waals surface area contributed by atoms with E-state index in [1.807, 2.05) is 76.2 Å². The molecule has 5 unspecified atom stereocenters. The molecule has 31 atom stereocenters. The minimum absolute atomic E-state index is 0.0271. The highest BCUT2D eigenvalue weighted by molar-refractivity contribution is 5.85. The lowest BCUT2D eigenvalue weighted by atomic mass is 9.40. The van der Waals surface area contributed by atoms with E-state index >= 15 is 0 Å². The lowest BCUT2D eigenvalue weighted by Crippen LogP contribution is -2.78. The number of hydrogen-bond acceptors (Lipinski definition) is 24. The van der Waals surface area contributed by atoms with Crippen LogP contribution < -0.4 is 0 Å². The van der Waals surface area contributed by atoms with Crippen LogP contribution in [0.3, 0.4) is 0 Å². The Balaban J connectivity index is 0.000000168. The van der Waals surface area contributed by atoms with Crippen LogP contribution in [-0.4, -0.2) is 228 Å². The Morgan fingerprint density at radius 1 is 0.551 bits per heavy atom. The van der Waals surface area contributed by atoms with E-state index in [4.69, 9.17) is 80.5 Å². The zero-order valence-corrected chi connectivity index (χ0v) is 61.0.